The lowest BCUT2D eigenvalue weighted by Crippen LogP contribution is -2.40. The molecule has 1 aromatic rings. The second-order valence-corrected chi connectivity index (χ2v) is 6.00. The number of rotatable bonds is 6. The molecule has 0 bridgehead atoms. The average Bonchev–Trinajstić information content (AvgIpc) is 2.86. The molecule has 1 fully saturated rings. The van der Waals surface area contributed by atoms with Gasteiger partial charge in [-0.15, -0.1) is 11.8 Å². The summed E-state index contributed by atoms with van der Waals surface area (Å²) < 4.78 is 5.59. The van der Waals surface area contributed by atoms with Crippen LogP contribution in [0.15, 0.2) is 24.3 Å². The summed E-state index contributed by atoms with van der Waals surface area (Å²) in [5, 5.41) is 0. The Labute approximate surface area is 129 Å². The molecule has 0 atom stereocenters. The summed E-state index contributed by atoms with van der Waals surface area (Å²) in [6.07, 6.45) is 0. The van der Waals surface area contributed by atoms with Crippen LogP contribution in [-0.2, 0) is 9.59 Å². The van der Waals surface area contributed by atoms with Crippen LogP contribution in [0.1, 0.15) is 5.56 Å². The van der Waals surface area contributed by atoms with E-state index < -0.39 is 0 Å². The number of hydrogen-bond acceptors (Lipinski definition) is 4. The van der Waals surface area contributed by atoms with Crippen LogP contribution < -0.4 is 4.74 Å². The van der Waals surface area contributed by atoms with E-state index in [0.717, 1.165) is 5.75 Å². The molecule has 21 heavy (non-hydrogen) atoms. The molecule has 114 valence electrons. The summed E-state index contributed by atoms with van der Waals surface area (Å²) >= 11 is 1.54. The first kappa shape index (κ1) is 15.7. The van der Waals surface area contributed by atoms with Crippen LogP contribution in [0.2, 0.25) is 0 Å². The van der Waals surface area contributed by atoms with Crippen LogP contribution in [0.4, 0.5) is 0 Å². The molecule has 5 nitrogen and oxygen atoms in total. The Hall–Kier alpha value is -1.69. The fourth-order valence-corrected chi connectivity index (χ4v) is 2.79. The first-order valence-electron chi connectivity index (χ1n) is 6.85. The molecule has 1 heterocycles. The van der Waals surface area contributed by atoms with Gasteiger partial charge in [-0.25, -0.2) is 0 Å². The normalized spacial score (nSPS) is 14.4. The zero-order chi connectivity index (χ0) is 15.2. The molecule has 0 aliphatic carbocycles. The van der Waals surface area contributed by atoms with Gasteiger partial charge in [0.2, 0.25) is 11.8 Å². The van der Waals surface area contributed by atoms with Crippen LogP contribution in [-0.4, -0.2) is 60.0 Å². The van der Waals surface area contributed by atoms with E-state index >= 15 is 0 Å². The van der Waals surface area contributed by atoms with Gasteiger partial charge in [-0.2, -0.15) is 0 Å². The van der Waals surface area contributed by atoms with E-state index in [1.54, 1.807) is 28.6 Å². The first-order chi connectivity index (χ1) is 10.1. The molecule has 0 spiro atoms. The highest BCUT2D eigenvalue weighted by atomic mass is 32.2. The van der Waals surface area contributed by atoms with Crippen molar-refractivity contribution in [3.63, 3.8) is 0 Å². The van der Waals surface area contributed by atoms with Crippen LogP contribution >= 0.6 is 11.8 Å². The van der Waals surface area contributed by atoms with Crippen molar-refractivity contribution >= 4 is 23.6 Å². The number of nitrogens with zero attached hydrogens (tertiary/aromatic N) is 2. The summed E-state index contributed by atoms with van der Waals surface area (Å²) in [5.41, 5.74) is 1.18. The quantitative estimate of drug-likeness (QED) is 0.796. The Bertz CT molecular complexity index is 504. The fraction of sp³-hybridized carbons (Fsp3) is 0.467. The Kier molecular flexibility index (Phi) is 5.50. The van der Waals surface area contributed by atoms with Crippen molar-refractivity contribution in [1.29, 1.82) is 0 Å². The van der Waals surface area contributed by atoms with Crippen molar-refractivity contribution in [2.45, 2.75) is 6.92 Å². The fourth-order valence-electron chi connectivity index (χ4n) is 1.88. The number of thioether (sulfide) groups is 1. The summed E-state index contributed by atoms with van der Waals surface area (Å²) in [6.45, 7) is 3.12. The summed E-state index contributed by atoms with van der Waals surface area (Å²) in [5.74, 6) is 1.87. The molecule has 0 saturated carbocycles. The minimum Gasteiger partial charge on any atom is -0.492 e. The monoisotopic (exact) mass is 308 g/mol. The van der Waals surface area contributed by atoms with E-state index in [-0.39, 0.29) is 18.4 Å². The molecule has 1 aromatic carbocycles. The minimum absolute atomic E-state index is 0.0395. The minimum atomic E-state index is -0.0571. The number of carbonyl (C=O) groups excluding carboxylic acids is 2. The molecule has 0 unspecified atom stereocenters. The van der Waals surface area contributed by atoms with E-state index in [0.29, 0.717) is 24.8 Å². The van der Waals surface area contributed by atoms with Gasteiger partial charge in [0.1, 0.15) is 18.9 Å². The molecular weight excluding hydrogens is 288 g/mol. The van der Waals surface area contributed by atoms with Gasteiger partial charge < -0.3 is 14.5 Å². The highest BCUT2D eigenvalue weighted by molar-refractivity contribution is 8.00. The van der Waals surface area contributed by atoms with Crippen LogP contribution in [0.5, 0.6) is 5.75 Å². The van der Waals surface area contributed by atoms with Gasteiger partial charge in [-0.1, -0.05) is 17.7 Å². The number of hydrogen-bond donors (Lipinski definition) is 0. The summed E-state index contributed by atoms with van der Waals surface area (Å²) in [7, 11) is 1.73. The van der Waals surface area contributed by atoms with Crippen LogP contribution in [0.3, 0.4) is 0 Å². The Balaban J connectivity index is 1.71. The van der Waals surface area contributed by atoms with Crippen LogP contribution in [0, 0.1) is 6.92 Å². The molecule has 2 rings (SSSR count). The van der Waals surface area contributed by atoms with Crippen molar-refractivity contribution in [2.75, 3.05) is 38.4 Å². The largest absolute Gasteiger partial charge is 0.492 e. The molecule has 0 radical (unpaired) electrons. The highest BCUT2D eigenvalue weighted by Gasteiger charge is 2.24. The number of amides is 2. The zero-order valence-electron chi connectivity index (χ0n) is 12.4. The number of carbonyl (C=O) groups is 2. The van der Waals surface area contributed by atoms with Gasteiger partial charge in [0.25, 0.3) is 0 Å². The Morgan fingerprint density at radius 2 is 2.10 bits per heavy atom. The topological polar surface area (TPSA) is 49.9 Å². The molecule has 2 amide bonds. The second-order valence-electron chi connectivity index (χ2n) is 5.05. The third-order valence-electron chi connectivity index (χ3n) is 3.29. The van der Waals surface area contributed by atoms with E-state index in [9.17, 15) is 9.59 Å². The molecule has 0 N–H and O–H groups in total. The van der Waals surface area contributed by atoms with Crippen molar-refractivity contribution in [3.05, 3.63) is 29.8 Å². The van der Waals surface area contributed by atoms with Crippen molar-refractivity contribution < 1.29 is 14.3 Å². The van der Waals surface area contributed by atoms with E-state index in [1.165, 1.54) is 5.56 Å². The number of likely N-dealkylation sites (N-methyl/N-ethyl adjacent to an activating group) is 1. The molecular formula is C15H20N2O3S. The van der Waals surface area contributed by atoms with Gasteiger partial charge in [0.05, 0.1) is 18.2 Å². The van der Waals surface area contributed by atoms with Gasteiger partial charge in [-0.3, -0.25) is 9.59 Å². The lowest BCUT2D eigenvalue weighted by molar-refractivity contribution is -0.137. The zero-order valence-corrected chi connectivity index (χ0v) is 13.2. The van der Waals surface area contributed by atoms with Gasteiger partial charge >= 0.3 is 0 Å². The van der Waals surface area contributed by atoms with Crippen molar-refractivity contribution in [2.24, 2.45) is 0 Å². The highest BCUT2D eigenvalue weighted by Crippen LogP contribution is 2.14. The van der Waals surface area contributed by atoms with Crippen molar-refractivity contribution in [3.8, 4) is 5.75 Å². The second kappa shape index (κ2) is 7.36. The standard InChI is InChI=1S/C15H20N2O3S/c1-12-3-5-13(6-4-12)20-8-7-16(2)14(18)9-17-11-21-10-15(17)19/h3-6H,7-11H2,1-2H3. The maximum absolute atomic E-state index is 12.0. The van der Waals surface area contributed by atoms with Crippen molar-refractivity contribution in [1.82, 2.24) is 9.80 Å². The van der Waals surface area contributed by atoms with Crippen LogP contribution in [0.25, 0.3) is 0 Å². The van der Waals surface area contributed by atoms with E-state index in [4.69, 9.17) is 4.74 Å². The predicted octanol–water partition coefficient (Wildman–Crippen LogP) is 1.37. The third-order valence-corrected chi connectivity index (χ3v) is 4.24. The SMILES string of the molecule is Cc1ccc(OCCN(C)C(=O)CN2CSCC2=O)cc1. The molecule has 6 heteroatoms. The maximum Gasteiger partial charge on any atom is 0.242 e. The average molecular weight is 308 g/mol. The van der Waals surface area contributed by atoms with Gasteiger partial charge in [-0.05, 0) is 19.1 Å². The molecule has 1 aliphatic heterocycles. The lowest BCUT2D eigenvalue weighted by Gasteiger charge is -2.21. The third kappa shape index (κ3) is 4.67. The molecule has 0 aromatic heterocycles. The Morgan fingerprint density at radius 3 is 2.71 bits per heavy atom. The maximum atomic E-state index is 12.0. The summed E-state index contributed by atoms with van der Waals surface area (Å²) in [4.78, 5) is 26.7. The smallest absolute Gasteiger partial charge is 0.242 e. The van der Waals surface area contributed by atoms with Gasteiger partial charge in [0.15, 0.2) is 0 Å². The first-order valence-corrected chi connectivity index (χ1v) is 8.00. The Morgan fingerprint density at radius 1 is 1.38 bits per heavy atom. The number of benzene rings is 1. The van der Waals surface area contributed by atoms with Gasteiger partial charge in [0, 0.05) is 7.05 Å². The molecule has 1 saturated heterocycles. The van der Waals surface area contributed by atoms with E-state index in [2.05, 4.69) is 0 Å². The predicted molar refractivity (Wildman–Crippen MR) is 83.3 cm³/mol. The summed E-state index contributed by atoms with van der Waals surface area (Å²) in [6, 6.07) is 7.80. The molecule has 1 aliphatic rings. The van der Waals surface area contributed by atoms with E-state index in [1.807, 2.05) is 31.2 Å². The number of aryl methyl sites for hydroxylation is 1. The number of ether oxygens (including phenoxy) is 1. The lowest BCUT2D eigenvalue weighted by atomic mass is 10.2.